The molecule has 0 spiro atoms. The lowest BCUT2D eigenvalue weighted by atomic mass is 10.1. The number of carboxylic acids is 1. The number of carbonyl (C=O) groups is 1. The van der Waals surface area contributed by atoms with Gasteiger partial charge in [-0.05, 0) is 36.0 Å². The van der Waals surface area contributed by atoms with Gasteiger partial charge in [-0.2, -0.15) is 18.2 Å². The zero-order valence-electron chi connectivity index (χ0n) is 15.5. The Hall–Kier alpha value is -3.04. The molecule has 1 saturated heterocycles. The van der Waals surface area contributed by atoms with Crippen molar-refractivity contribution in [1.82, 2.24) is 9.97 Å². The van der Waals surface area contributed by atoms with E-state index >= 15 is 0 Å². The van der Waals surface area contributed by atoms with Gasteiger partial charge >= 0.3 is 12.1 Å². The van der Waals surface area contributed by atoms with Crippen molar-refractivity contribution in [3.63, 3.8) is 0 Å². The van der Waals surface area contributed by atoms with Crippen LogP contribution < -0.4 is 15.0 Å². The molecule has 2 fully saturated rings. The Morgan fingerprint density at radius 1 is 1.34 bits per heavy atom. The second-order valence-corrected chi connectivity index (χ2v) is 7.28. The Bertz CT molecular complexity index is 941. The van der Waals surface area contributed by atoms with E-state index < -0.39 is 17.7 Å². The van der Waals surface area contributed by atoms with Crippen molar-refractivity contribution in [1.29, 1.82) is 0 Å². The molecule has 7 nitrogen and oxygen atoms in total. The van der Waals surface area contributed by atoms with Gasteiger partial charge in [-0.1, -0.05) is 6.07 Å². The van der Waals surface area contributed by atoms with Gasteiger partial charge in [-0.25, -0.2) is 9.78 Å². The number of piperidine rings is 1. The quantitative estimate of drug-likeness (QED) is 0.759. The molecule has 1 aliphatic carbocycles. The van der Waals surface area contributed by atoms with Crippen molar-refractivity contribution >= 4 is 17.7 Å². The van der Waals surface area contributed by atoms with E-state index in [4.69, 9.17) is 4.74 Å². The summed E-state index contributed by atoms with van der Waals surface area (Å²) in [6.45, 7) is 1.64. The first-order chi connectivity index (χ1) is 13.8. The molecule has 0 bridgehead atoms. The number of carboxylic acid groups (broad SMARTS) is 1. The van der Waals surface area contributed by atoms with Crippen LogP contribution in [0.2, 0.25) is 0 Å². The molecule has 10 heteroatoms. The van der Waals surface area contributed by atoms with Crippen LogP contribution in [0.25, 0.3) is 0 Å². The lowest BCUT2D eigenvalue weighted by Crippen LogP contribution is -2.25. The van der Waals surface area contributed by atoms with Crippen LogP contribution in [-0.4, -0.2) is 41.2 Å². The predicted octanol–water partition coefficient (Wildman–Crippen LogP) is 3.27. The van der Waals surface area contributed by atoms with E-state index in [1.165, 1.54) is 31.9 Å². The van der Waals surface area contributed by atoms with E-state index in [-0.39, 0.29) is 23.7 Å². The zero-order valence-corrected chi connectivity index (χ0v) is 15.5. The van der Waals surface area contributed by atoms with E-state index in [2.05, 4.69) is 15.3 Å². The second-order valence-electron chi connectivity index (χ2n) is 7.28. The van der Waals surface area contributed by atoms with Gasteiger partial charge in [0.15, 0.2) is 0 Å². The largest absolute Gasteiger partial charge is 0.496 e. The fourth-order valence-electron chi connectivity index (χ4n) is 3.65. The molecule has 1 saturated carbocycles. The van der Waals surface area contributed by atoms with Crippen LogP contribution in [0.15, 0.2) is 24.4 Å². The number of alkyl halides is 3. The number of hydrogen-bond acceptors (Lipinski definition) is 6. The number of anilines is 2. The van der Waals surface area contributed by atoms with Gasteiger partial charge in [0.1, 0.15) is 17.1 Å². The Morgan fingerprint density at radius 3 is 2.69 bits per heavy atom. The number of aromatic carboxylic acids is 1. The van der Waals surface area contributed by atoms with Crippen molar-refractivity contribution in [3.05, 3.63) is 41.1 Å². The molecule has 2 aliphatic rings. The van der Waals surface area contributed by atoms with Crippen molar-refractivity contribution in [2.24, 2.45) is 11.8 Å². The minimum Gasteiger partial charge on any atom is -0.496 e. The van der Waals surface area contributed by atoms with E-state index in [0.717, 1.165) is 19.2 Å². The van der Waals surface area contributed by atoms with Crippen LogP contribution in [-0.2, 0) is 12.7 Å². The molecule has 154 valence electrons. The fourth-order valence-corrected chi connectivity index (χ4v) is 3.65. The third-order valence-electron chi connectivity index (χ3n) is 5.30. The summed E-state index contributed by atoms with van der Waals surface area (Å²) in [5.74, 6) is 0.310. The van der Waals surface area contributed by atoms with E-state index in [1.807, 2.05) is 4.90 Å². The highest BCUT2D eigenvalue weighted by molar-refractivity contribution is 5.93. The standard InChI is InChI=1S/C19H19F3N4O3/c1-29-15-3-2-10(4-14(15)19(20,21)22)6-23-16-13(17(27)28)7-24-18(25-16)26-8-11-5-12(11)9-26/h2-4,7,11-12H,5-6,8-9H2,1H3,(H,27,28)(H,23,24,25). The topological polar surface area (TPSA) is 87.6 Å². The van der Waals surface area contributed by atoms with Crippen LogP contribution in [0.3, 0.4) is 0 Å². The maximum absolute atomic E-state index is 13.2. The number of methoxy groups -OCH3 is 1. The van der Waals surface area contributed by atoms with Crippen molar-refractivity contribution < 1.29 is 27.8 Å². The summed E-state index contributed by atoms with van der Waals surface area (Å²) in [5.41, 5.74) is -0.711. The number of benzene rings is 1. The van der Waals surface area contributed by atoms with Crippen LogP contribution in [0.5, 0.6) is 5.75 Å². The lowest BCUT2D eigenvalue weighted by molar-refractivity contribution is -0.138. The van der Waals surface area contributed by atoms with Crippen molar-refractivity contribution in [2.75, 3.05) is 30.4 Å². The monoisotopic (exact) mass is 408 g/mol. The number of hydrogen-bond donors (Lipinski definition) is 2. The minimum atomic E-state index is -4.56. The van der Waals surface area contributed by atoms with Gasteiger partial charge in [-0.3, -0.25) is 0 Å². The molecule has 2 aromatic rings. The molecule has 1 aromatic heterocycles. The molecule has 2 heterocycles. The molecule has 2 N–H and O–H groups in total. The van der Waals surface area contributed by atoms with Crippen molar-refractivity contribution in [2.45, 2.75) is 19.1 Å². The first kappa shape index (κ1) is 19.3. The van der Waals surface area contributed by atoms with E-state index in [0.29, 0.717) is 23.3 Å². The molecule has 2 atom stereocenters. The highest BCUT2D eigenvalue weighted by Crippen LogP contribution is 2.45. The summed E-state index contributed by atoms with van der Waals surface area (Å²) in [7, 11) is 1.17. The number of aromatic nitrogens is 2. The van der Waals surface area contributed by atoms with E-state index in [9.17, 15) is 23.1 Å². The molecule has 2 unspecified atom stereocenters. The number of nitrogens with one attached hydrogen (secondary N) is 1. The average Bonchev–Trinajstić information content (AvgIpc) is 3.30. The van der Waals surface area contributed by atoms with Crippen molar-refractivity contribution in [3.8, 4) is 5.75 Å². The van der Waals surface area contributed by atoms with Crippen LogP contribution in [0.1, 0.15) is 27.9 Å². The first-order valence-electron chi connectivity index (χ1n) is 9.09. The van der Waals surface area contributed by atoms with Gasteiger partial charge in [0.2, 0.25) is 5.95 Å². The average molecular weight is 408 g/mol. The highest BCUT2D eigenvalue weighted by atomic mass is 19.4. The molecule has 0 radical (unpaired) electrons. The summed E-state index contributed by atoms with van der Waals surface area (Å²) >= 11 is 0. The molecular weight excluding hydrogens is 389 g/mol. The maximum Gasteiger partial charge on any atom is 0.419 e. The normalized spacial score (nSPS) is 20.3. The molecule has 1 aliphatic heterocycles. The Balaban J connectivity index is 1.56. The van der Waals surface area contributed by atoms with Gasteiger partial charge in [0, 0.05) is 25.8 Å². The summed E-state index contributed by atoms with van der Waals surface area (Å²) < 4.78 is 44.4. The Labute approximate surface area is 164 Å². The number of halogens is 3. The summed E-state index contributed by atoms with van der Waals surface area (Å²) in [6.07, 6.45) is -2.13. The highest BCUT2D eigenvalue weighted by Gasteiger charge is 2.46. The van der Waals surface area contributed by atoms with Crippen LogP contribution >= 0.6 is 0 Å². The third-order valence-corrected chi connectivity index (χ3v) is 5.30. The SMILES string of the molecule is COc1ccc(CNc2nc(N3CC4CC4C3)ncc2C(=O)O)cc1C(F)(F)F. The lowest BCUT2D eigenvalue weighted by Gasteiger charge is -2.19. The Morgan fingerprint density at radius 2 is 2.07 bits per heavy atom. The smallest absolute Gasteiger partial charge is 0.419 e. The maximum atomic E-state index is 13.2. The van der Waals surface area contributed by atoms with Gasteiger partial charge in [0.05, 0.1) is 12.7 Å². The third kappa shape index (κ3) is 3.92. The van der Waals surface area contributed by atoms with Gasteiger partial charge in [0.25, 0.3) is 0 Å². The Kier molecular flexibility index (Phi) is 4.71. The number of fused-ring (bicyclic) bond motifs is 1. The number of rotatable bonds is 6. The fraction of sp³-hybridized carbons (Fsp3) is 0.421. The van der Waals surface area contributed by atoms with E-state index in [1.54, 1.807) is 0 Å². The van der Waals surface area contributed by atoms with Crippen LogP contribution in [0, 0.1) is 11.8 Å². The number of ether oxygens (including phenoxy) is 1. The molecule has 4 rings (SSSR count). The minimum absolute atomic E-state index is 0.0327. The molecule has 0 amide bonds. The van der Waals surface area contributed by atoms with Crippen LogP contribution in [0.4, 0.5) is 24.9 Å². The second kappa shape index (κ2) is 7.09. The van der Waals surface area contributed by atoms with Gasteiger partial charge < -0.3 is 20.1 Å². The summed E-state index contributed by atoms with van der Waals surface area (Å²) in [4.78, 5) is 22.0. The number of nitrogens with zero attached hydrogens (tertiary/aromatic N) is 3. The first-order valence-corrected chi connectivity index (χ1v) is 9.09. The van der Waals surface area contributed by atoms with Gasteiger partial charge in [-0.15, -0.1) is 0 Å². The predicted molar refractivity (Wildman–Crippen MR) is 98.1 cm³/mol. The summed E-state index contributed by atoms with van der Waals surface area (Å²) in [5, 5.41) is 12.2. The zero-order chi connectivity index (χ0) is 20.8. The molecule has 29 heavy (non-hydrogen) atoms. The molecule has 1 aromatic carbocycles. The summed E-state index contributed by atoms with van der Waals surface area (Å²) in [6, 6.07) is 3.69. The molecular formula is C19H19F3N4O3.